The van der Waals surface area contributed by atoms with E-state index in [-0.39, 0.29) is 36.3 Å². The molecule has 116 valence electrons. The summed E-state index contributed by atoms with van der Waals surface area (Å²) in [5.41, 5.74) is 0. The van der Waals surface area contributed by atoms with Gasteiger partial charge in [-0.1, -0.05) is 13.8 Å². The number of carbonyl (C=O) groups is 2. The van der Waals surface area contributed by atoms with E-state index < -0.39 is 0 Å². The molecule has 0 aliphatic carbocycles. The van der Waals surface area contributed by atoms with Crippen molar-refractivity contribution in [2.45, 2.75) is 32.7 Å². The van der Waals surface area contributed by atoms with Crippen LogP contribution in [0.5, 0.6) is 0 Å². The average molecular weight is 286 g/mol. The van der Waals surface area contributed by atoms with Crippen LogP contribution in [0.2, 0.25) is 0 Å². The molecule has 2 amide bonds. The number of aliphatic hydroxyl groups is 1. The molecule has 1 fully saturated rings. The van der Waals surface area contributed by atoms with Gasteiger partial charge in [0.1, 0.15) is 0 Å². The molecule has 0 aromatic rings. The Morgan fingerprint density at radius 2 is 1.95 bits per heavy atom. The smallest absolute Gasteiger partial charge is 0.225 e. The molecule has 20 heavy (non-hydrogen) atoms. The standard InChI is InChI=1S/C14H26N2O4/c1-10(2)14(19)16-6-4-11(5-7-16)13(18)15-12(8-17)9-20-3/h10-12,17H,4-9H2,1-3H3,(H,15,18). The molecule has 1 rings (SSSR count). The minimum Gasteiger partial charge on any atom is -0.394 e. The second-order valence-corrected chi connectivity index (χ2v) is 5.60. The van der Waals surface area contributed by atoms with Crippen molar-refractivity contribution in [1.82, 2.24) is 10.2 Å². The van der Waals surface area contributed by atoms with Crippen LogP contribution in [0, 0.1) is 11.8 Å². The number of methoxy groups -OCH3 is 1. The number of nitrogens with one attached hydrogen (secondary N) is 1. The van der Waals surface area contributed by atoms with Crippen molar-refractivity contribution in [3.8, 4) is 0 Å². The van der Waals surface area contributed by atoms with Gasteiger partial charge in [-0.2, -0.15) is 0 Å². The van der Waals surface area contributed by atoms with E-state index in [1.54, 1.807) is 0 Å². The van der Waals surface area contributed by atoms with Gasteiger partial charge in [0, 0.05) is 32.0 Å². The van der Waals surface area contributed by atoms with E-state index in [1.165, 1.54) is 7.11 Å². The summed E-state index contributed by atoms with van der Waals surface area (Å²) in [4.78, 5) is 25.8. The van der Waals surface area contributed by atoms with Crippen molar-refractivity contribution >= 4 is 11.8 Å². The number of ether oxygens (including phenoxy) is 1. The number of amides is 2. The van der Waals surface area contributed by atoms with Gasteiger partial charge >= 0.3 is 0 Å². The van der Waals surface area contributed by atoms with Crippen LogP contribution in [0.1, 0.15) is 26.7 Å². The Kier molecular flexibility index (Phi) is 6.95. The Morgan fingerprint density at radius 1 is 1.35 bits per heavy atom. The maximum Gasteiger partial charge on any atom is 0.225 e. The molecular weight excluding hydrogens is 260 g/mol. The first kappa shape index (κ1) is 16.9. The lowest BCUT2D eigenvalue weighted by molar-refractivity contribution is -0.138. The molecule has 0 aromatic heterocycles. The molecule has 1 aliphatic rings. The van der Waals surface area contributed by atoms with Gasteiger partial charge < -0.3 is 20.1 Å². The van der Waals surface area contributed by atoms with E-state index >= 15 is 0 Å². The second kappa shape index (κ2) is 8.21. The molecule has 1 heterocycles. The summed E-state index contributed by atoms with van der Waals surface area (Å²) in [7, 11) is 1.53. The fourth-order valence-corrected chi connectivity index (χ4v) is 2.39. The second-order valence-electron chi connectivity index (χ2n) is 5.60. The van der Waals surface area contributed by atoms with Crippen molar-refractivity contribution in [2.24, 2.45) is 11.8 Å². The molecule has 1 unspecified atom stereocenters. The van der Waals surface area contributed by atoms with E-state index in [0.717, 1.165) is 0 Å². The predicted octanol–water partition coefficient (Wildman–Crippen LogP) is 0.00450. The molecule has 0 saturated carbocycles. The minimum atomic E-state index is -0.358. The third-order valence-electron chi connectivity index (χ3n) is 3.61. The Morgan fingerprint density at radius 3 is 2.40 bits per heavy atom. The average Bonchev–Trinajstić information content (AvgIpc) is 2.45. The molecule has 1 aliphatic heterocycles. The number of rotatable bonds is 6. The van der Waals surface area contributed by atoms with E-state index in [4.69, 9.17) is 9.84 Å². The molecule has 6 heteroatoms. The largest absolute Gasteiger partial charge is 0.394 e. The predicted molar refractivity (Wildman–Crippen MR) is 75.0 cm³/mol. The van der Waals surface area contributed by atoms with Crippen LogP contribution in [0.15, 0.2) is 0 Å². The number of hydrogen-bond acceptors (Lipinski definition) is 4. The molecule has 1 saturated heterocycles. The van der Waals surface area contributed by atoms with Crippen LogP contribution in [-0.2, 0) is 14.3 Å². The van der Waals surface area contributed by atoms with Crippen molar-refractivity contribution in [3.63, 3.8) is 0 Å². The van der Waals surface area contributed by atoms with Crippen LogP contribution in [0.4, 0.5) is 0 Å². The van der Waals surface area contributed by atoms with Crippen LogP contribution in [0.25, 0.3) is 0 Å². The fraction of sp³-hybridized carbons (Fsp3) is 0.857. The lowest BCUT2D eigenvalue weighted by Crippen LogP contribution is -2.48. The highest BCUT2D eigenvalue weighted by molar-refractivity contribution is 5.81. The number of likely N-dealkylation sites (tertiary alicyclic amines) is 1. The first-order chi connectivity index (χ1) is 9.49. The van der Waals surface area contributed by atoms with Gasteiger partial charge in [-0.05, 0) is 12.8 Å². The lowest BCUT2D eigenvalue weighted by Gasteiger charge is -2.33. The van der Waals surface area contributed by atoms with Crippen LogP contribution < -0.4 is 5.32 Å². The quantitative estimate of drug-likeness (QED) is 0.720. The van der Waals surface area contributed by atoms with Gasteiger partial charge in [-0.15, -0.1) is 0 Å². The summed E-state index contributed by atoms with van der Waals surface area (Å²) in [6, 6.07) is -0.358. The molecule has 6 nitrogen and oxygen atoms in total. The van der Waals surface area contributed by atoms with E-state index in [2.05, 4.69) is 5.32 Å². The normalized spacial score (nSPS) is 18.1. The fourth-order valence-electron chi connectivity index (χ4n) is 2.39. The number of piperidine rings is 1. The van der Waals surface area contributed by atoms with Crippen LogP contribution in [-0.4, -0.2) is 61.3 Å². The topological polar surface area (TPSA) is 78.9 Å². The molecule has 0 radical (unpaired) electrons. The van der Waals surface area contributed by atoms with Gasteiger partial charge in [0.15, 0.2) is 0 Å². The summed E-state index contributed by atoms with van der Waals surface area (Å²) in [5, 5.41) is 11.9. The molecular formula is C14H26N2O4. The molecule has 1 atom stereocenters. The van der Waals surface area contributed by atoms with Crippen molar-refractivity contribution in [3.05, 3.63) is 0 Å². The number of aliphatic hydroxyl groups excluding tert-OH is 1. The maximum absolute atomic E-state index is 12.1. The summed E-state index contributed by atoms with van der Waals surface area (Å²) < 4.78 is 4.93. The van der Waals surface area contributed by atoms with Crippen molar-refractivity contribution < 1.29 is 19.4 Å². The maximum atomic E-state index is 12.1. The van der Waals surface area contributed by atoms with Gasteiger partial charge in [-0.25, -0.2) is 0 Å². The summed E-state index contributed by atoms with van der Waals surface area (Å²) in [6.07, 6.45) is 1.35. The minimum absolute atomic E-state index is 0.000786. The SMILES string of the molecule is COCC(CO)NC(=O)C1CCN(C(=O)C(C)C)CC1. The first-order valence-corrected chi connectivity index (χ1v) is 7.18. The zero-order valence-corrected chi connectivity index (χ0v) is 12.6. The van der Waals surface area contributed by atoms with Gasteiger partial charge in [0.25, 0.3) is 0 Å². The lowest BCUT2D eigenvalue weighted by atomic mass is 9.95. The molecule has 2 N–H and O–H groups in total. The van der Waals surface area contributed by atoms with E-state index in [0.29, 0.717) is 32.5 Å². The first-order valence-electron chi connectivity index (χ1n) is 7.18. The zero-order chi connectivity index (χ0) is 15.1. The Hall–Kier alpha value is -1.14. The number of hydrogen-bond donors (Lipinski definition) is 2. The third-order valence-corrected chi connectivity index (χ3v) is 3.61. The third kappa shape index (κ3) is 4.76. The highest BCUT2D eigenvalue weighted by Crippen LogP contribution is 2.19. The summed E-state index contributed by atoms with van der Waals surface area (Å²) in [5.74, 6) is 0.00666. The Labute approximate surface area is 120 Å². The Balaban J connectivity index is 2.40. The van der Waals surface area contributed by atoms with Gasteiger partial charge in [0.2, 0.25) is 11.8 Å². The van der Waals surface area contributed by atoms with Gasteiger partial charge in [-0.3, -0.25) is 9.59 Å². The van der Waals surface area contributed by atoms with Gasteiger partial charge in [0.05, 0.1) is 19.3 Å². The zero-order valence-electron chi connectivity index (χ0n) is 12.6. The van der Waals surface area contributed by atoms with Crippen LogP contribution >= 0.6 is 0 Å². The molecule has 0 bridgehead atoms. The Bertz CT molecular complexity index is 325. The van der Waals surface area contributed by atoms with Crippen LogP contribution in [0.3, 0.4) is 0 Å². The summed E-state index contributed by atoms with van der Waals surface area (Å²) >= 11 is 0. The number of nitrogens with zero attached hydrogens (tertiary/aromatic N) is 1. The monoisotopic (exact) mass is 286 g/mol. The van der Waals surface area contributed by atoms with E-state index in [9.17, 15) is 9.59 Å². The number of carbonyl (C=O) groups excluding carboxylic acids is 2. The molecule has 0 spiro atoms. The summed E-state index contributed by atoms with van der Waals surface area (Å²) in [6.45, 7) is 5.19. The van der Waals surface area contributed by atoms with Crippen molar-refractivity contribution in [2.75, 3.05) is 33.4 Å². The van der Waals surface area contributed by atoms with Crippen molar-refractivity contribution in [1.29, 1.82) is 0 Å². The molecule has 0 aromatic carbocycles. The highest BCUT2D eigenvalue weighted by atomic mass is 16.5. The van der Waals surface area contributed by atoms with E-state index in [1.807, 2.05) is 18.7 Å². The highest BCUT2D eigenvalue weighted by Gasteiger charge is 2.29.